The summed E-state index contributed by atoms with van der Waals surface area (Å²) in [7, 11) is -1.11. The molecule has 1 aromatic rings. The SMILES string of the molecule is CCOc1cc(CN(C)CCS(C)(=O)=O)cc(Br)c1O. The summed E-state index contributed by atoms with van der Waals surface area (Å²) >= 11 is 3.28. The standard InChI is InChI=1S/C13H20BrNO4S/c1-4-19-12-8-10(7-11(14)13(12)16)9-15(2)5-6-20(3,17)18/h7-8,16H,4-6,9H2,1-3H3. The molecule has 0 fully saturated rings. The lowest BCUT2D eigenvalue weighted by Crippen LogP contribution is -2.24. The number of phenols is 1. The van der Waals surface area contributed by atoms with Crippen molar-refractivity contribution >= 4 is 25.8 Å². The highest BCUT2D eigenvalue weighted by molar-refractivity contribution is 9.10. The second-order valence-corrected chi connectivity index (χ2v) is 7.84. The molecule has 0 heterocycles. The molecule has 0 radical (unpaired) electrons. The maximum Gasteiger partial charge on any atom is 0.172 e. The number of phenolic OH excluding ortho intramolecular Hbond substituents is 1. The summed E-state index contributed by atoms with van der Waals surface area (Å²) in [4.78, 5) is 1.91. The van der Waals surface area contributed by atoms with Crippen molar-refractivity contribution in [3.05, 3.63) is 22.2 Å². The van der Waals surface area contributed by atoms with Crippen molar-refractivity contribution in [2.75, 3.05) is 32.2 Å². The highest BCUT2D eigenvalue weighted by Gasteiger charge is 2.11. The quantitative estimate of drug-likeness (QED) is 0.800. The first-order valence-corrected chi connectivity index (χ1v) is 9.08. The Bertz CT molecular complexity index is 560. The Labute approximate surface area is 128 Å². The van der Waals surface area contributed by atoms with E-state index in [4.69, 9.17) is 4.74 Å². The summed E-state index contributed by atoms with van der Waals surface area (Å²) in [6.45, 7) is 3.35. The van der Waals surface area contributed by atoms with Crippen molar-refractivity contribution in [3.63, 3.8) is 0 Å². The fourth-order valence-corrected chi connectivity index (χ4v) is 2.83. The average Bonchev–Trinajstić information content (AvgIpc) is 2.32. The molecular weight excluding hydrogens is 346 g/mol. The number of aromatic hydroxyl groups is 1. The first-order chi connectivity index (χ1) is 9.23. The second-order valence-electron chi connectivity index (χ2n) is 4.73. The van der Waals surface area contributed by atoms with Gasteiger partial charge in [0, 0.05) is 19.3 Å². The van der Waals surface area contributed by atoms with Crippen molar-refractivity contribution in [1.82, 2.24) is 4.90 Å². The zero-order valence-corrected chi connectivity index (χ0v) is 14.3. The predicted molar refractivity (Wildman–Crippen MR) is 83.0 cm³/mol. The summed E-state index contributed by atoms with van der Waals surface area (Å²) in [5.41, 5.74) is 0.939. The molecule has 0 atom stereocenters. The third-order valence-electron chi connectivity index (χ3n) is 2.68. The minimum absolute atomic E-state index is 0.0781. The van der Waals surface area contributed by atoms with E-state index in [9.17, 15) is 13.5 Å². The van der Waals surface area contributed by atoms with Gasteiger partial charge in [-0.2, -0.15) is 0 Å². The van der Waals surface area contributed by atoms with Gasteiger partial charge in [-0.25, -0.2) is 8.42 Å². The van der Waals surface area contributed by atoms with E-state index >= 15 is 0 Å². The van der Waals surface area contributed by atoms with Crippen LogP contribution in [-0.4, -0.2) is 50.6 Å². The van der Waals surface area contributed by atoms with Gasteiger partial charge in [0.05, 0.1) is 16.8 Å². The molecule has 0 unspecified atom stereocenters. The Kier molecular flexibility index (Phi) is 6.29. The van der Waals surface area contributed by atoms with Gasteiger partial charge in [-0.1, -0.05) is 0 Å². The first kappa shape index (κ1) is 17.3. The molecule has 0 spiro atoms. The smallest absolute Gasteiger partial charge is 0.172 e. The highest BCUT2D eigenvalue weighted by Crippen LogP contribution is 2.35. The van der Waals surface area contributed by atoms with Crippen LogP contribution in [0.1, 0.15) is 12.5 Å². The fourth-order valence-electron chi connectivity index (χ4n) is 1.70. The van der Waals surface area contributed by atoms with Crippen LogP contribution in [0.15, 0.2) is 16.6 Å². The number of sulfone groups is 1. The van der Waals surface area contributed by atoms with Crippen LogP contribution in [0.5, 0.6) is 11.5 Å². The molecule has 0 aromatic heterocycles. The van der Waals surface area contributed by atoms with E-state index in [0.29, 0.717) is 29.9 Å². The number of nitrogens with zero attached hydrogens (tertiary/aromatic N) is 1. The molecule has 7 heteroatoms. The van der Waals surface area contributed by atoms with E-state index in [1.807, 2.05) is 18.9 Å². The number of halogens is 1. The van der Waals surface area contributed by atoms with Gasteiger partial charge in [0.25, 0.3) is 0 Å². The van der Waals surface area contributed by atoms with E-state index in [0.717, 1.165) is 5.56 Å². The Hall–Kier alpha value is -0.790. The van der Waals surface area contributed by atoms with Gasteiger partial charge >= 0.3 is 0 Å². The Balaban J connectivity index is 2.77. The largest absolute Gasteiger partial charge is 0.503 e. The van der Waals surface area contributed by atoms with E-state index in [1.165, 1.54) is 6.26 Å². The maximum atomic E-state index is 11.1. The van der Waals surface area contributed by atoms with Crippen LogP contribution in [0.4, 0.5) is 0 Å². The van der Waals surface area contributed by atoms with Crippen LogP contribution >= 0.6 is 15.9 Å². The minimum Gasteiger partial charge on any atom is -0.503 e. The Morgan fingerprint density at radius 2 is 2.05 bits per heavy atom. The van der Waals surface area contributed by atoms with Crippen molar-refractivity contribution in [2.24, 2.45) is 0 Å². The molecule has 1 rings (SSSR count). The average molecular weight is 366 g/mol. The molecule has 114 valence electrons. The molecule has 0 aliphatic heterocycles. The predicted octanol–water partition coefficient (Wildman–Crippen LogP) is 2.03. The van der Waals surface area contributed by atoms with Crippen molar-refractivity contribution in [1.29, 1.82) is 0 Å². The third-order valence-corrected chi connectivity index (χ3v) is 4.21. The topological polar surface area (TPSA) is 66.8 Å². The van der Waals surface area contributed by atoms with E-state index < -0.39 is 9.84 Å². The number of hydrogen-bond donors (Lipinski definition) is 1. The summed E-state index contributed by atoms with van der Waals surface area (Å²) in [5, 5.41) is 9.83. The minimum atomic E-state index is -2.96. The van der Waals surface area contributed by atoms with Crippen molar-refractivity contribution < 1.29 is 18.3 Å². The van der Waals surface area contributed by atoms with Crippen LogP contribution in [0.3, 0.4) is 0 Å². The molecule has 1 N–H and O–H groups in total. The monoisotopic (exact) mass is 365 g/mol. The van der Waals surface area contributed by atoms with Crippen LogP contribution in [0.2, 0.25) is 0 Å². The highest BCUT2D eigenvalue weighted by atomic mass is 79.9. The summed E-state index contributed by atoms with van der Waals surface area (Å²) < 4.78 is 28.2. The molecule has 0 aliphatic carbocycles. The lowest BCUT2D eigenvalue weighted by molar-refractivity contribution is 0.313. The molecule has 0 amide bonds. The van der Waals surface area contributed by atoms with E-state index in [2.05, 4.69) is 15.9 Å². The van der Waals surface area contributed by atoms with Gasteiger partial charge in [0.2, 0.25) is 0 Å². The zero-order chi connectivity index (χ0) is 15.3. The van der Waals surface area contributed by atoms with Gasteiger partial charge < -0.3 is 14.7 Å². The van der Waals surface area contributed by atoms with Gasteiger partial charge in [-0.3, -0.25) is 0 Å². The van der Waals surface area contributed by atoms with E-state index in [-0.39, 0.29) is 11.5 Å². The second kappa shape index (κ2) is 7.28. The number of rotatable bonds is 7. The van der Waals surface area contributed by atoms with Crippen LogP contribution in [-0.2, 0) is 16.4 Å². The number of ether oxygens (including phenoxy) is 1. The summed E-state index contributed by atoms with van der Waals surface area (Å²) in [6, 6.07) is 3.56. The molecule has 5 nitrogen and oxygen atoms in total. The van der Waals surface area contributed by atoms with Gasteiger partial charge in [0.15, 0.2) is 11.5 Å². The van der Waals surface area contributed by atoms with Gasteiger partial charge in [0.1, 0.15) is 9.84 Å². The van der Waals surface area contributed by atoms with Gasteiger partial charge in [-0.15, -0.1) is 0 Å². The summed E-state index contributed by atoms with van der Waals surface area (Å²) in [6.07, 6.45) is 1.23. The van der Waals surface area contributed by atoms with Crippen LogP contribution in [0, 0.1) is 0 Å². The Morgan fingerprint density at radius 1 is 1.40 bits per heavy atom. The van der Waals surface area contributed by atoms with Crippen molar-refractivity contribution in [2.45, 2.75) is 13.5 Å². The molecule has 0 bridgehead atoms. The van der Waals surface area contributed by atoms with Crippen molar-refractivity contribution in [3.8, 4) is 11.5 Å². The first-order valence-electron chi connectivity index (χ1n) is 6.23. The number of benzene rings is 1. The molecular formula is C13H20BrNO4S. The zero-order valence-electron chi connectivity index (χ0n) is 11.9. The van der Waals surface area contributed by atoms with Crippen LogP contribution < -0.4 is 4.74 Å². The molecule has 1 aromatic carbocycles. The molecule has 0 aliphatic rings. The maximum absolute atomic E-state index is 11.1. The fraction of sp³-hybridized carbons (Fsp3) is 0.538. The van der Waals surface area contributed by atoms with Crippen LogP contribution in [0.25, 0.3) is 0 Å². The Morgan fingerprint density at radius 3 is 2.60 bits per heavy atom. The lowest BCUT2D eigenvalue weighted by Gasteiger charge is -2.17. The van der Waals surface area contributed by atoms with Gasteiger partial charge in [-0.05, 0) is 47.6 Å². The number of hydrogen-bond acceptors (Lipinski definition) is 5. The molecule has 20 heavy (non-hydrogen) atoms. The normalized spacial score (nSPS) is 11.8. The summed E-state index contributed by atoms with van der Waals surface area (Å²) in [5.74, 6) is 0.629. The molecule has 0 saturated carbocycles. The lowest BCUT2D eigenvalue weighted by atomic mass is 10.2. The third kappa shape index (κ3) is 5.68. The molecule has 0 saturated heterocycles. The van der Waals surface area contributed by atoms with E-state index in [1.54, 1.807) is 12.1 Å².